The molecule has 0 atom stereocenters. The molecule has 7 heteroatoms. The minimum absolute atomic E-state index is 0. The van der Waals surface area contributed by atoms with Gasteiger partial charge in [0.1, 0.15) is 0 Å². The molecule has 0 bridgehead atoms. The smallest absolute Gasteiger partial charge is 1.00 e. The molecule has 3 N–H and O–H groups in total. The molecule has 0 aliphatic rings. The number of carboxylic acid groups (broad SMARTS) is 2. The van der Waals surface area contributed by atoms with Crippen LogP contribution in [0.4, 0.5) is 5.69 Å². The molecular formula is C19H31NNa2O4. The topological polar surface area (TPSA) is 86.6 Å². The van der Waals surface area contributed by atoms with Crippen molar-refractivity contribution in [3.8, 4) is 0 Å². The molecule has 0 aliphatic heterocycles. The molecule has 1 aromatic carbocycles. The summed E-state index contributed by atoms with van der Waals surface area (Å²) < 4.78 is 0. The van der Waals surface area contributed by atoms with Crippen molar-refractivity contribution >= 4 is 17.6 Å². The minimum Gasteiger partial charge on any atom is -1.00 e. The van der Waals surface area contributed by atoms with E-state index in [-0.39, 0.29) is 73.1 Å². The van der Waals surface area contributed by atoms with Crippen LogP contribution in [0.2, 0.25) is 0 Å². The Morgan fingerprint density at radius 2 is 1.35 bits per heavy atom. The third kappa shape index (κ3) is 11.6. The Hall–Kier alpha value is -0.0400. The van der Waals surface area contributed by atoms with Gasteiger partial charge in [-0.15, -0.1) is 0 Å². The fraction of sp³-hybridized carbons (Fsp3) is 0.579. The van der Waals surface area contributed by atoms with Crippen LogP contribution in [0.15, 0.2) is 18.2 Å². The van der Waals surface area contributed by atoms with E-state index in [4.69, 9.17) is 10.2 Å². The van der Waals surface area contributed by atoms with E-state index in [0.717, 1.165) is 19.4 Å². The first kappa shape index (κ1) is 28.2. The molecule has 138 valence electrons. The Kier molecular flexibility index (Phi) is 18.5. The number of carbonyl (C=O) groups is 2. The van der Waals surface area contributed by atoms with Crippen LogP contribution in [0.5, 0.6) is 0 Å². The molecule has 26 heavy (non-hydrogen) atoms. The van der Waals surface area contributed by atoms with E-state index in [1.54, 1.807) is 6.07 Å². The van der Waals surface area contributed by atoms with Crippen molar-refractivity contribution in [1.29, 1.82) is 0 Å². The molecule has 0 aromatic heterocycles. The van der Waals surface area contributed by atoms with Gasteiger partial charge >= 0.3 is 71.1 Å². The molecule has 1 rings (SSSR count). The van der Waals surface area contributed by atoms with Crippen LogP contribution in [-0.4, -0.2) is 28.7 Å². The number of nitrogens with one attached hydrogen (secondary N) is 1. The molecule has 5 nitrogen and oxygen atoms in total. The van der Waals surface area contributed by atoms with Crippen molar-refractivity contribution < 1.29 is 81.8 Å². The first-order valence-electron chi connectivity index (χ1n) is 8.90. The van der Waals surface area contributed by atoms with E-state index in [1.165, 1.54) is 57.1 Å². The summed E-state index contributed by atoms with van der Waals surface area (Å²) in [6.07, 6.45) is 11.3. The summed E-state index contributed by atoms with van der Waals surface area (Å²) in [5, 5.41) is 21.2. The van der Waals surface area contributed by atoms with Crippen molar-refractivity contribution in [2.75, 3.05) is 11.9 Å². The van der Waals surface area contributed by atoms with E-state index in [2.05, 4.69) is 12.2 Å². The summed E-state index contributed by atoms with van der Waals surface area (Å²) in [6.45, 7) is 2.99. The van der Waals surface area contributed by atoms with Crippen molar-refractivity contribution in [2.45, 2.75) is 64.7 Å². The van der Waals surface area contributed by atoms with Crippen molar-refractivity contribution in [3.63, 3.8) is 0 Å². The number of unbranched alkanes of at least 4 members (excludes halogenated alkanes) is 8. The standard InChI is InChI=1S/C19H29NO4.2Na.2H/c1-2-3-4-5-6-7-8-9-10-13-20-15-11-12-16(18(21)22)17(14-15)19(23)24;;;;/h11-12,14,20H,2-10,13H2,1H3,(H,21,22)(H,23,24);;;;/q;2*+1;2*-1. The first-order valence-corrected chi connectivity index (χ1v) is 8.90. The molecule has 0 aliphatic carbocycles. The molecule has 0 amide bonds. The Morgan fingerprint density at radius 1 is 0.846 bits per heavy atom. The summed E-state index contributed by atoms with van der Waals surface area (Å²) in [6, 6.07) is 4.34. The van der Waals surface area contributed by atoms with Crippen molar-refractivity contribution in [3.05, 3.63) is 29.3 Å². The predicted molar refractivity (Wildman–Crippen MR) is 98.3 cm³/mol. The molecular weight excluding hydrogens is 352 g/mol. The van der Waals surface area contributed by atoms with Crippen LogP contribution in [0.3, 0.4) is 0 Å². The number of anilines is 1. The van der Waals surface area contributed by atoms with Gasteiger partial charge in [-0.05, 0) is 24.6 Å². The second-order valence-electron chi connectivity index (χ2n) is 6.13. The third-order valence-electron chi connectivity index (χ3n) is 4.09. The van der Waals surface area contributed by atoms with Crippen LogP contribution < -0.4 is 64.4 Å². The van der Waals surface area contributed by atoms with Gasteiger partial charge in [0.25, 0.3) is 0 Å². The number of hydrogen-bond donors (Lipinski definition) is 3. The van der Waals surface area contributed by atoms with Gasteiger partial charge in [-0.1, -0.05) is 58.3 Å². The fourth-order valence-electron chi connectivity index (χ4n) is 2.69. The van der Waals surface area contributed by atoms with Crippen molar-refractivity contribution in [2.24, 2.45) is 0 Å². The Bertz CT molecular complexity index is 549. The van der Waals surface area contributed by atoms with Gasteiger partial charge in [0.15, 0.2) is 0 Å². The summed E-state index contributed by atoms with van der Waals surface area (Å²) in [5.74, 6) is -2.45. The van der Waals surface area contributed by atoms with Crippen LogP contribution in [-0.2, 0) is 0 Å². The van der Waals surface area contributed by atoms with Gasteiger partial charge in [0.2, 0.25) is 0 Å². The van der Waals surface area contributed by atoms with E-state index >= 15 is 0 Å². The monoisotopic (exact) mass is 383 g/mol. The molecule has 0 unspecified atom stereocenters. The zero-order valence-corrected chi connectivity index (χ0v) is 20.5. The van der Waals surface area contributed by atoms with Crippen LogP contribution in [0.25, 0.3) is 0 Å². The molecule has 0 radical (unpaired) electrons. The zero-order valence-electron chi connectivity index (χ0n) is 18.5. The molecule has 1 aromatic rings. The van der Waals surface area contributed by atoms with E-state index in [1.807, 2.05) is 0 Å². The first-order chi connectivity index (χ1) is 11.6. The fourth-order valence-corrected chi connectivity index (χ4v) is 2.69. The number of benzene rings is 1. The van der Waals surface area contributed by atoms with Gasteiger partial charge in [0, 0.05) is 12.2 Å². The Morgan fingerprint density at radius 3 is 1.85 bits per heavy atom. The Balaban J connectivity index is -0.000000720. The van der Waals surface area contributed by atoms with Crippen LogP contribution in [0.1, 0.15) is 88.3 Å². The number of rotatable bonds is 13. The maximum atomic E-state index is 11.1. The summed E-state index contributed by atoms with van der Waals surface area (Å²) in [7, 11) is 0. The zero-order chi connectivity index (χ0) is 17.8. The number of hydrogen-bond acceptors (Lipinski definition) is 3. The van der Waals surface area contributed by atoms with Crippen molar-refractivity contribution in [1.82, 2.24) is 0 Å². The van der Waals surface area contributed by atoms with E-state index in [9.17, 15) is 9.59 Å². The van der Waals surface area contributed by atoms with Gasteiger partial charge in [-0.2, -0.15) is 0 Å². The third-order valence-corrected chi connectivity index (χ3v) is 4.09. The maximum Gasteiger partial charge on any atom is 1.00 e. The average molecular weight is 383 g/mol. The molecule has 0 saturated heterocycles. The molecule has 0 fully saturated rings. The summed E-state index contributed by atoms with van der Waals surface area (Å²) in [4.78, 5) is 22.1. The molecule has 0 heterocycles. The quantitative estimate of drug-likeness (QED) is 0.309. The maximum absolute atomic E-state index is 11.1. The van der Waals surface area contributed by atoms with Crippen LogP contribution in [0, 0.1) is 0 Å². The normalized spacial score (nSPS) is 9.73. The van der Waals surface area contributed by atoms with Gasteiger partial charge in [0.05, 0.1) is 11.1 Å². The van der Waals surface area contributed by atoms with E-state index < -0.39 is 11.9 Å². The number of carboxylic acids is 2. The molecule has 0 spiro atoms. The second-order valence-corrected chi connectivity index (χ2v) is 6.13. The largest absolute Gasteiger partial charge is 1.00 e. The summed E-state index contributed by atoms with van der Waals surface area (Å²) in [5.41, 5.74) is 0.285. The van der Waals surface area contributed by atoms with E-state index in [0.29, 0.717) is 5.69 Å². The molecule has 0 saturated carbocycles. The van der Waals surface area contributed by atoms with Gasteiger partial charge in [-0.3, -0.25) is 0 Å². The average Bonchev–Trinajstić information content (AvgIpc) is 2.56. The minimum atomic E-state index is -1.22. The summed E-state index contributed by atoms with van der Waals surface area (Å²) >= 11 is 0. The SMILES string of the molecule is CCCCCCCCCCCNc1ccc(C(=O)O)c(C(=O)O)c1.[H-].[H-].[Na+].[Na+]. The predicted octanol–water partition coefficient (Wildman–Crippen LogP) is -0.741. The second kappa shape index (κ2) is 17.1. The van der Waals surface area contributed by atoms with Crippen LogP contribution >= 0.6 is 0 Å². The van der Waals surface area contributed by atoms with Gasteiger partial charge < -0.3 is 18.4 Å². The Labute approximate surface area is 203 Å². The van der Waals surface area contributed by atoms with Gasteiger partial charge in [-0.25, -0.2) is 9.59 Å². The number of aromatic carboxylic acids is 2.